The number of aryl methyl sites for hydroxylation is 2. The van der Waals surface area contributed by atoms with Crippen molar-refractivity contribution in [2.24, 2.45) is 0 Å². The van der Waals surface area contributed by atoms with E-state index in [4.69, 9.17) is 0 Å². The number of nitrogens with one attached hydrogen (secondary N) is 1. The van der Waals surface area contributed by atoms with Crippen molar-refractivity contribution in [3.05, 3.63) is 65.2 Å². The highest BCUT2D eigenvalue weighted by molar-refractivity contribution is 5.47. The summed E-state index contributed by atoms with van der Waals surface area (Å²) in [6, 6.07) is 17.9. The van der Waals surface area contributed by atoms with Gasteiger partial charge in [-0.05, 0) is 50.6 Å². The Balaban J connectivity index is 1.98. The molecule has 2 rings (SSSR count). The van der Waals surface area contributed by atoms with Crippen LogP contribution in [0.5, 0.6) is 0 Å². The predicted molar refractivity (Wildman–Crippen MR) is 92.0 cm³/mol. The Morgan fingerprint density at radius 2 is 1.71 bits per heavy atom. The second-order valence-corrected chi connectivity index (χ2v) is 5.80. The number of benzene rings is 2. The lowest BCUT2D eigenvalue weighted by molar-refractivity contribution is 0.549. The molecule has 0 aliphatic carbocycles. The van der Waals surface area contributed by atoms with Crippen molar-refractivity contribution in [1.29, 1.82) is 0 Å². The molecule has 0 bridgehead atoms. The highest BCUT2D eigenvalue weighted by atomic mass is 15.1. The van der Waals surface area contributed by atoms with Gasteiger partial charge >= 0.3 is 0 Å². The van der Waals surface area contributed by atoms with Crippen LogP contribution in [0.25, 0.3) is 0 Å². The van der Waals surface area contributed by atoms with E-state index in [9.17, 15) is 0 Å². The lowest BCUT2D eigenvalue weighted by Gasteiger charge is -2.24. The minimum atomic E-state index is 0.401. The van der Waals surface area contributed by atoms with Crippen LogP contribution in [0.3, 0.4) is 0 Å². The summed E-state index contributed by atoms with van der Waals surface area (Å²) in [4.78, 5) is 2.32. The lowest BCUT2D eigenvalue weighted by atomic mass is 10.0. The van der Waals surface area contributed by atoms with Gasteiger partial charge in [-0.25, -0.2) is 0 Å². The maximum atomic E-state index is 3.43. The third-order valence-electron chi connectivity index (χ3n) is 4.02. The predicted octanol–water partition coefficient (Wildman–Crippen LogP) is 4.09. The third-order valence-corrected chi connectivity index (χ3v) is 4.02. The van der Waals surface area contributed by atoms with E-state index in [1.807, 2.05) is 7.05 Å². The van der Waals surface area contributed by atoms with Gasteiger partial charge < -0.3 is 10.2 Å². The molecular formula is C19H26N2. The standard InChI is InChI=1S/C19H26N2/c1-15-8-10-17(11-9-15)19(20-3)12-13-21(4)18-7-5-6-16(2)14-18/h5-11,14,19-20H,12-13H2,1-4H3. The van der Waals surface area contributed by atoms with Crippen LogP contribution >= 0.6 is 0 Å². The van der Waals surface area contributed by atoms with Crippen molar-refractivity contribution in [3.8, 4) is 0 Å². The van der Waals surface area contributed by atoms with Gasteiger partial charge in [0.1, 0.15) is 0 Å². The van der Waals surface area contributed by atoms with Crippen molar-refractivity contribution in [2.45, 2.75) is 26.3 Å². The first-order valence-corrected chi connectivity index (χ1v) is 7.62. The van der Waals surface area contributed by atoms with Gasteiger partial charge in [0, 0.05) is 25.3 Å². The van der Waals surface area contributed by atoms with E-state index in [1.165, 1.54) is 22.4 Å². The summed E-state index contributed by atoms with van der Waals surface area (Å²) in [6.07, 6.45) is 1.09. The zero-order valence-electron chi connectivity index (χ0n) is 13.6. The maximum absolute atomic E-state index is 3.43. The molecule has 0 amide bonds. The topological polar surface area (TPSA) is 15.3 Å². The quantitative estimate of drug-likeness (QED) is 0.858. The Kier molecular flexibility index (Phi) is 5.40. The molecule has 0 aromatic heterocycles. The van der Waals surface area contributed by atoms with Gasteiger partial charge in [0.05, 0.1) is 0 Å². The number of rotatable bonds is 6. The molecule has 0 heterocycles. The molecule has 1 N–H and O–H groups in total. The van der Waals surface area contributed by atoms with Gasteiger partial charge in [-0.15, -0.1) is 0 Å². The molecule has 0 saturated carbocycles. The average Bonchev–Trinajstić information content (AvgIpc) is 2.49. The van der Waals surface area contributed by atoms with Crippen LogP contribution < -0.4 is 10.2 Å². The Bertz CT molecular complexity index is 560. The average molecular weight is 282 g/mol. The summed E-state index contributed by atoms with van der Waals surface area (Å²) in [5.74, 6) is 0. The van der Waals surface area contributed by atoms with E-state index in [0.717, 1.165) is 13.0 Å². The summed E-state index contributed by atoms with van der Waals surface area (Å²) in [5, 5.41) is 3.43. The van der Waals surface area contributed by atoms with Crippen LogP contribution in [0.4, 0.5) is 5.69 Å². The van der Waals surface area contributed by atoms with Gasteiger partial charge in [0.15, 0.2) is 0 Å². The van der Waals surface area contributed by atoms with Gasteiger partial charge in [-0.3, -0.25) is 0 Å². The molecule has 0 spiro atoms. The van der Waals surface area contributed by atoms with Gasteiger partial charge in [0.2, 0.25) is 0 Å². The fraction of sp³-hybridized carbons (Fsp3) is 0.368. The molecule has 21 heavy (non-hydrogen) atoms. The Labute approximate surface area is 128 Å². The molecule has 0 aliphatic rings. The minimum Gasteiger partial charge on any atom is -0.375 e. The smallest absolute Gasteiger partial charge is 0.0366 e. The Morgan fingerprint density at radius 3 is 2.33 bits per heavy atom. The van der Waals surface area contributed by atoms with Crippen LogP contribution in [0, 0.1) is 13.8 Å². The van der Waals surface area contributed by atoms with Crippen molar-refractivity contribution >= 4 is 5.69 Å². The van der Waals surface area contributed by atoms with Gasteiger partial charge in [-0.2, -0.15) is 0 Å². The Hall–Kier alpha value is -1.80. The highest BCUT2D eigenvalue weighted by Crippen LogP contribution is 2.20. The van der Waals surface area contributed by atoms with E-state index in [2.05, 4.69) is 79.6 Å². The number of nitrogens with zero attached hydrogens (tertiary/aromatic N) is 1. The fourth-order valence-corrected chi connectivity index (χ4v) is 2.59. The van der Waals surface area contributed by atoms with Crippen molar-refractivity contribution in [1.82, 2.24) is 5.32 Å². The number of hydrogen-bond acceptors (Lipinski definition) is 2. The van der Waals surface area contributed by atoms with Crippen molar-refractivity contribution in [2.75, 3.05) is 25.5 Å². The summed E-state index contributed by atoms with van der Waals surface area (Å²) >= 11 is 0. The van der Waals surface area contributed by atoms with Crippen molar-refractivity contribution < 1.29 is 0 Å². The molecule has 2 nitrogen and oxygen atoms in total. The number of anilines is 1. The van der Waals surface area contributed by atoms with Crippen LogP contribution in [0.1, 0.15) is 29.2 Å². The molecule has 2 heteroatoms. The molecule has 0 saturated heterocycles. The van der Waals surface area contributed by atoms with Crippen LogP contribution in [-0.2, 0) is 0 Å². The SMILES string of the molecule is CNC(CCN(C)c1cccc(C)c1)c1ccc(C)cc1. The monoisotopic (exact) mass is 282 g/mol. The van der Waals surface area contributed by atoms with Crippen LogP contribution in [-0.4, -0.2) is 20.6 Å². The number of hydrogen-bond donors (Lipinski definition) is 1. The first-order chi connectivity index (χ1) is 10.1. The molecule has 1 unspecified atom stereocenters. The molecular weight excluding hydrogens is 256 g/mol. The minimum absolute atomic E-state index is 0.401. The summed E-state index contributed by atoms with van der Waals surface area (Å²) in [5.41, 5.74) is 5.27. The van der Waals surface area contributed by atoms with E-state index < -0.39 is 0 Å². The lowest BCUT2D eigenvalue weighted by Crippen LogP contribution is -2.25. The van der Waals surface area contributed by atoms with Crippen LogP contribution in [0.2, 0.25) is 0 Å². The maximum Gasteiger partial charge on any atom is 0.0366 e. The van der Waals surface area contributed by atoms with E-state index in [0.29, 0.717) is 6.04 Å². The normalized spacial score (nSPS) is 12.2. The van der Waals surface area contributed by atoms with Gasteiger partial charge in [0.25, 0.3) is 0 Å². The van der Waals surface area contributed by atoms with Crippen LogP contribution in [0.15, 0.2) is 48.5 Å². The first kappa shape index (κ1) is 15.6. The molecule has 0 radical (unpaired) electrons. The largest absolute Gasteiger partial charge is 0.375 e. The first-order valence-electron chi connectivity index (χ1n) is 7.62. The summed E-state index contributed by atoms with van der Waals surface area (Å²) in [6.45, 7) is 5.30. The van der Waals surface area contributed by atoms with E-state index in [1.54, 1.807) is 0 Å². The fourth-order valence-electron chi connectivity index (χ4n) is 2.59. The summed E-state index contributed by atoms with van der Waals surface area (Å²) in [7, 11) is 4.20. The Morgan fingerprint density at radius 1 is 1.00 bits per heavy atom. The second-order valence-electron chi connectivity index (χ2n) is 5.80. The second kappa shape index (κ2) is 7.28. The molecule has 2 aromatic rings. The highest BCUT2D eigenvalue weighted by Gasteiger charge is 2.10. The molecule has 112 valence electrons. The van der Waals surface area contributed by atoms with E-state index in [-0.39, 0.29) is 0 Å². The zero-order valence-corrected chi connectivity index (χ0v) is 13.6. The third kappa shape index (κ3) is 4.33. The van der Waals surface area contributed by atoms with E-state index >= 15 is 0 Å². The zero-order chi connectivity index (χ0) is 15.2. The molecule has 2 aromatic carbocycles. The molecule has 1 atom stereocenters. The summed E-state index contributed by atoms with van der Waals surface area (Å²) < 4.78 is 0. The molecule has 0 fully saturated rings. The van der Waals surface area contributed by atoms with Gasteiger partial charge in [-0.1, -0.05) is 42.0 Å². The molecule has 0 aliphatic heterocycles. The van der Waals surface area contributed by atoms with Crippen molar-refractivity contribution in [3.63, 3.8) is 0 Å².